The molecule has 2 N–H and O–H groups in total. The predicted molar refractivity (Wildman–Crippen MR) is 79.5 cm³/mol. The monoisotopic (exact) mass is 285 g/mol. The summed E-state index contributed by atoms with van der Waals surface area (Å²) in [5, 5.41) is 0. The number of hydrogen-bond acceptors (Lipinski definition) is 5. The molecule has 0 fully saturated rings. The number of thioether (sulfide) groups is 1. The summed E-state index contributed by atoms with van der Waals surface area (Å²) >= 11 is 1.69. The molecule has 1 rings (SSSR count). The van der Waals surface area contributed by atoms with Crippen LogP contribution in [0.4, 0.5) is 0 Å². The van der Waals surface area contributed by atoms with Gasteiger partial charge in [-0.15, -0.1) is 11.8 Å². The zero-order chi connectivity index (χ0) is 14.3. The van der Waals surface area contributed by atoms with Crippen LogP contribution in [0, 0.1) is 0 Å². The highest BCUT2D eigenvalue weighted by atomic mass is 32.2. The molecule has 0 saturated carbocycles. The highest BCUT2D eigenvalue weighted by Gasteiger charge is 2.12. The van der Waals surface area contributed by atoms with Gasteiger partial charge in [0.2, 0.25) is 0 Å². The van der Waals surface area contributed by atoms with Gasteiger partial charge in [-0.25, -0.2) is 0 Å². The molecule has 1 atom stereocenters. The van der Waals surface area contributed by atoms with Crippen LogP contribution in [0.2, 0.25) is 0 Å². The summed E-state index contributed by atoms with van der Waals surface area (Å²) in [7, 11) is 5.05. The lowest BCUT2D eigenvalue weighted by Gasteiger charge is -2.15. The zero-order valence-corrected chi connectivity index (χ0v) is 12.9. The van der Waals surface area contributed by atoms with Crippen molar-refractivity contribution in [2.45, 2.75) is 24.3 Å². The van der Waals surface area contributed by atoms with Crippen molar-refractivity contribution < 1.29 is 14.2 Å². The Bertz CT molecular complexity index is 397. The van der Waals surface area contributed by atoms with E-state index in [0.29, 0.717) is 6.61 Å². The molecule has 1 aromatic carbocycles. The normalized spacial score (nSPS) is 12.3. The van der Waals surface area contributed by atoms with E-state index in [1.165, 1.54) is 0 Å². The number of nitrogens with two attached hydrogens (primary N) is 1. The third-order valence-electron chi connectivity index (χ3n) is 2.65. The third kappa shape index (κ3) is 4.93. The number of benzene rings is 1. The zero-order valence-electron chi connectivity index (χ0n) is 12.1. The van der Waals surface area contributed by atoms with Crippen molar-refractivity contribution in [1.29, 1.82) is 0 Å². The van der Waals surface area contributed by atoms with E-state index in [2.05, 4.69) is 0 Å². The minimum absolute atomic E-state index is 0.0885. The summed E-state index contributed by atoms with van der Waals surface area (Å²) in [6.07, 6.45) is 0.766. The molecule has 0 radical (unpaired) electrons. The lowest BCUT2D eigenvalue weighted by atomic mass is 10.1. The van der Waals surface area contributed by atoms with Gasteiger partial charge in [0.15, 0.2) is 0 Å². The van der Waals surface area contributed by atoms with Gasteiger partial charge >= 0.3 is 0 Å². The van der Waals surface area contributed by atoms with Gasteiger partial charge in [-0.2, -0.15) is 0 Å². The topological polar surface area (TPSA) is 53.7 Å². The Morgan fingerprint density at radius 2 is 1.84 bits per heavy atom. The van der Waals surface area contributed by atoms with Gasteiger partial charge in [-0.1, -0.05) is 0 Å². The first-order valence-electron chi connectivity index (χ1n) is 6.24. The van der Waals surface area contributed by atoms with E-state index in [9.17, 15) is 0 Å². The summed E-state index contributed by atoms with van der Waals surface area (Å²) in [5.74, 6) is 2.60. The number of hydrogen-bond donors (Lipinski definition) is 1. The molecule has 0 aromatic heterocycles. The smallest absolute Gasteiger partial charge is 0.132 e. The fourth-order valence-corrected chi connectivity index (χ4v) is 2.73. The maximum atomic E-state index is 5.86. The predicted octanol–water partition coefficient (Wildman–Crippen LogP) is 2.33. The second-order valence-electron chi connectivity index (χ2n) is 4.34. The van der Waals surface area contributed by atoms with Crippen molar-refractivity contribution in [2.75, 3.05) is 33.7 Å². The third-order valence-corrected chi connectivity index (χ3v) is 3.65. The molecular formula is C14H23NO3S. The summed E-state index contributed by atoms with van der Waals surface area (Å²) in [6.45, 7) is 2.69. The van der Waals surface area contributed by atoms with E-state index in [0.717, 1.165) is 34.1 Å². The molecule has 1 aromatic rings. The van der Waals surface area contributed by atoms with Crippen LogP contribution in [0.3, 0.4) is 0 Å². The van der Waals surface area contributed by atoms with Crippen LogP contribution >= 0.6 is 11.8 Å². The highest BCUT2D eigenvalue weighted by molar-refractivity contribution is 7.99. The molecule has 0 saturated heterocycles. The molecule has 0 aliphatic carbocycles. The van der Waals surface area contributed by atoms with Crippen LogP contribution in [-0.4, -0.2) is 39.7 Å². The van der Waals surface area contributed by atoms with E-state index in [4.69, 9.17) is 19.9 Å². The molecule has 0 aliphatic rings. The fraction of sp³-hybridized carbons (Fsp3) is 0.571. The molecule has 0 aliphatic heterocycles. The lowest BCUT2D eigenvalue weighted by molar-refractivity contribution is 0.218. The van der Waals surface area contributed by atoms with Crippen molar-refractivity contribution in [1.82, 2.24) is 0 Å². The Kier molecular flexibility index (Phi) is 7.05. The Balaban J connectivity index is 2.97. The first kappa shape index (κ1) is 16.1. The molecule has 19 heavy (non-hydrogen) atoms. The summed E-state index contributed by atoms with van der Waals surface area (Å²) in [4.78, 5) is 1.06. The van der Waals surface area contributed by atoms with Crippen molar-refractivity contribution in [3.8, 4) is 11.5 Å². The molecule has 0 bridgehead atoms. The van der Waals surface area contributed by atoms with Crippen molar-refractivity contribution >= 4 is 11.8 Å². The Morgan fingerprint density at radius 3 is 2.37 bits per heavy atom. The summed E-state index contributed by atoms with van der Waals surface area (Å²) in [5.41, 5.74) is 6.93. The molecular weight excluding hydrogens is 262 g/mol. The standard InChI is InChI=1S/C14H23NO3S/c1-10(15)7-11-8-13(18-4)14(9-12(11)17-3)19-6-5-16-2/h8-10H,5-7,15H2,1-4H3. The largest absolute Gasteiger partial charge is 0.496 e. The van der Waals surface area contributed by atoms with Crippen LogP contribution < -0.4 is 15.2 Å². The van der Waals surface area contributed by atoms with E-state index >= 15 is 0 Å². The van der Waals surface area contributed by atoms with Gasteiger partial charge in [0, 0.05) is 18.9 Å². The maximum Gasteiger partial charge on any atom is 0.132 e. The lowest BCUT2D eigenvalue weighted by Crippen LogP contribution is -2.18. The molecule has 5 heteroatoms. The minimum atomic E-state index is 0.0885. The molecule has 0 spiro atoms. The first-order valence-corrected chi connectivity index (χ1v) is 7.23. The van der Waals surface area contributed by atoms with Crippen LogP contribution in [0.25, 0.3) is 0 Å². The number of ether oxygens (including phenoxy) is 3. The second kappa shape index (κ2) is 8.30. The van der Waals surface area contributed by atoms with Gasteiger partial charge in [-0.3, -0.25) is 0 Å². The Hall–Kier alpha value is -0.910. The van der Waals surface area contributed by atoms with E-state index in [1.54, 1.807) is 33.1 Å². The Labute approximate surface area is 119 Å². The van der Waals surface area contributed by atoms with E-state index in [1.807, 2.05) is 19.1 Å². The van der Waals surface area contributed by atoms with Crippen LogP contribution in [0.15, 0.2) is 17.0 Å². The SMILES string of the molecule is COCCSc1cc(OC)c(CC(C)N)cc1OC. The summed E-state index contributed by atoms with van der Waals surface area (Å²) in [6, 6.07) is 4.11. The van der Waals surface area contributed by atoms with Crippen molar-refractivity contribution in [3.05, 3.63) is 17.7 Å². The van der Waals surface area contributed by atoms with Crippen LogP contribution in [0.5, 0.6) is 11.5 Å². The second-order valence-corrected chi connectivity index (χ2v) is 5.47. The number of rotatable bonds is 8. The first-order chi connectivity index (χ1) is 9.12. The number of methoxy groups -OCH3 is 3. The molecule has 0 heterocycles. The Morgan fingerprint density at radius 1 is 1.16 bits per heavy atom. The fourth-order valence-electron chi connectivity index (χ4n) is 1.79. The van der Waals surface area contributed by atoms with Gasteiger partial charge in [0.25, 0.3) is 0 Å². The average molecular weight is 285 g/mol. The van der Waals surface area contributed by atoms with Crippen molar-refractivity contribution in [3.63, 3.8) is 0 Å². The van der Waals surface area contributed by atoms with Gasteiger partial charge < -0.3 is 19.9 Å². The summed E-state index contributed by atoms with van der Waals surface area (Å²) < 4.78 is 15.9. The van der Waals surface area contributed by atoms with Gasteiger partial charge in [0.1, 0.15) is 11.5 Å². The van der Waals surface area contributed by atoms with Crippen LogP contribution in [-0.2, 0) is 11.2 Å². The van der Waals surface area contributed by atoms with Crippen molar-refractivity contribution in [2.24, 2.45) is 5.73 Å². The van der Waals surface area contributed by atoms with Gasteiger partial charge in [0.05, 0.1) is 25.7 Å². The molecule has 108 valence electrons. The van der Waals surface area contributed by atoms with E-state index in [-0.39, 0.29) is 6.04 Å². The molecule has 0 amide bonds. The highest BCUT2D eigenvalue weighted by Crippen LogP contribution is 2.36. The van der Waals surface area contributed by atoms with Gasteiger partial charge in [-0.05, 0) is 31.0 Å². The quantitative estimate of drug-likeness (QED) is 0.587. The maximum absolute atomic E-state index is 5.86. The molecule has 4 nitrogen and oxygen atoms in total. The molecule has 1 unspecified atom stereocenters. The van der Waals surface area contributed by atoms with E-state index < -0.39 is 0 Å². The minimum Gasteiger partial charge on any atom is -0.496 e. The van der Waals surface area contributed by atoms with Crippen LogP contribution in [0.1, 0.15) is 12.5 Å². The average Bonchev–Trinajstić information content (AvgIpc) is 2.39.